The molecule has 3 aromatic rings. The summed E-state index contributed by atoms with van der Waals surface area (Å²) >= 11 is 1.55. The standard InChI is InChI=1S/C26H25FN4OS/c1-26(23-14-20(16-33-23)19-7-3-6-18(13-19)15-28)22(24(32)31(2)25(29)30-26)8-4-5-17-9-11-21(27)12-10-17/h3,6-7,9-14,16,22H,4-5,8H2,1-2H3,(H2,29,30)/t22?,26-/m0/s1. The molecule has 0 saturated carbocycles. The molecule has 2 atom stereocenters. The lowest BCUT2D eigenvalue weighted by Gasteiger charge is -2.40. The van der Waals surface area contributed by atoms with Gasteiger partial charge in [0.2, 0.25) is 5.91 Å². The third-order valence-corrected chi connectivity index (χ3v) is 7.45. The molecule has 33 heavy (non-hydrogen) atoms. The summed E-state index contributed by atoms with van der Waals surface area (Å²) in [6.07, 6.45) is 2.15. The molecule has 0 aliphatic carbocycles. The molecule has 1 aliphatic rings. The van der Waals surface area contributed by atoms with E-state index in [1.807, 2.05) is 36.6 Å². The molecule has 0 spiro atoms. The fraction of sp³-hybridized carbons (Fsp3) is 0.269. The number of hydrogen-bond donors (Lipinski definition) is 1. The van der Waals surface area contributed by atoms with Crippen LogP contribution in [-0.2, 0) is 16.8 Å². The number of benzene rings is 2. The van der Waals surface area contributed by atoms with Crippen molar-refractivity contribution in [3.63, 3.8) is 0 Å². The Balaban J connectivity index is 1.62. The first-order valence-electron chi connectivity index (χ1n) is 10.8. The van der Waals surface area contributed by atoms with Gasteiger partial charge in [0.25, 0.3) is 0 Å². The Morgan fingerprint density at radius 1 is 1.21 bits per heavy atom. The van der Waals surface area contributed by atoms with Crippen LogP contribution in [0.5, 0.6) is 0 Å². The molecule has 2 heterocycles. The second-order valence-corrected chi connectivity index (χ2v) is 9.39. The third kappa shape index (κ3) is 4.53. The van der Waals surface area contributed by atoms with Crippen LogP contribution in [0.15, 0.2) is 65.0 Å². The van der Waals surface area contributed by atoms with Crippen molar-refractivity contribution in [1.29, 1.82) is 5.26 Å². The van der Waals surface area contributed by atoms with Crippen LogP contribution in [0, 0.1) is 23.1 Å². The summed E-state index contributed by atoms with van der Waals surface area (Å²) in [5, 5.41) is 11.2. The Kier molecular flexibility index (Phi) is 6.30. The zero-order valence-electron chi connectivity index (χ0n) is 18.6. The maximum absolute atomic E-state index is 13.3. The second kappa shape index (κ2) is 9.16. The van der Waals surface area contributed by atoms with Crippen molar-refractivity contribution in [3.05, 3.63) is 81.8 Å². The molecule has 4 rings (SSSR count). The number of amides is 1. The van der Waals surface area contributed by atoms with Crippen LogP contribution < -0.4 is 5.73 Å². The van der Waals surface area contributed by atoms with Gasteiger partial charge in [0, 0.05) is 11.9 Å². The molecule has 0 fully saturated rings. The van der Waals surface area contributed by atoms with Gasteiger partial charge in [-0.05, 0) is 78.6 Å². The quantitative estimate of drug-likeness (QED) is 0.558. The van der Waals surface area contributed by atoms with Gasteiger partial charge in [0.15, 0.2) is 5.96 Å². The van der Waals surface area contributed by atoms with Crippen molar-refractivity contribution in [2.75, 3.05) is 7.05 Å². The molecule has 2 aromatic carbocycles. The minimum atomic E-state index is -0.785. The zero-order chi connectivity index (χ0) is 23.6. The van der Waals surface area contributed by atoms with Crippen LogP contribution in [0.25, 0.3) is 11.1 Å². The monoisotopic (exact) mass is 460 g/mol. The smallest absolute Gasteiger partial charge is 0.234 e. The van der Waals surface area contributed by atoms with E-state index in [4.69, 9.17) is 10.7 Å². The number of guanidine groups is 1. The van der Waals surface area contributed by atoms with Crippen LogP contribution in [0.2, 0.25) is 0 Å². The minimum absolute atomic E-state index is 0.0504. The Morgan fingerprint density at radius 3 is 2.70 bits per heavy atom. The van der Waals surface area contributed by atoms with E-state index in [1.165, 1.54) is 17.0 Å². The fourth-order valence-electron chi connectivity index (χ4n) is 4.29. The molecule has 1 unspecified atom stereocenters. The van der Waals surface area contributed by atoms with Gasteiger partial charge in [-0.1, -0.05) is 24.3 Å². The topological polar surface area (TPSA) is 82.5 Å². The van der Waals surface area contributed by atoms with Crippen molar-refractivity contribution < 1.29 is 9.18 Å². The van der Waals surface area contributed by atoms with Gasteiger partial charge in [0.05, 0.1) is 17.6 Å². The van der Waals surface area contributed by atoms with Gasteiger partial charge in [-0.2, -0.15) is 5.26 Å². The Labute approximate surface area is 197 Å². The van der Waals surface area contributed by atoms with Crippen molar-refractivity contribution in [1.82, 2.24) is 4.90 Å². The number of thiophene rings is 1. The van der Waals surface area contributed by atoms with Crippen molar-refractivity contribution >= 4 is 23.2 Å². The summed E-state index contributed by atoms with van der Waals surface area (Å²) in [4.78, 5) is 20.4. The van der Waals surface area contributed by atoms with Gasteiger partial charge < -0.3 is 5.73 Å². The molecular weight excluding hydrogens is 435 g/mol. The number of rotatable bonds is 6. The summed E-state index contributed by atoms with van der Waals surface area (Å²) in [6.45, 7) is 1.97. The maximum atomic E-state index is 13.3. The zero-order valence-corrected chi connectivity index (χ0v) is 19.4. The maximum Gasteiger partial charge on any atom is 0.234 e. The molecule has 7 heteroatoms. The predicted octanol–water partition coefficient (Wildman–Crippen LogP) is 5.07. The summed E-state index contributed by atoms with van der Waals surface area (Å²) in [5.74, 6) is -0.467. The number of nitrogens with zero attached hydrogens (tertiary/aromatic N) is 3. The number of carbonyl (C=O) groups excluding carboxylic acids is 1. The summed E-state index contributed by atoms with van der Waals surface area (Å²) in [7, 11) is 1.65. The molecular formula is C26H25FN4OS. The predicted molar refractivity (Wildman–Crippen MR) is 129 cm³/mol. The van der Waals surface area contributed by atoms with Gasteiger partial charge in [-0.15, -0.1) is 11.3 Å². The lowest BCUT2D eigenvalue weighted by Crippen LogP contribution is -2.53. The first kappa shape index (κ1) is 22.7. The number of carbonyl (C=O) groups is 1. The normalized spacial score (nSPS) is 20.4. The molecule has 2 N–H and O–H groups in total. The summed E-state index contributed by atoms with van der Waals surface area (Å²) in [6, 6.07) is 18.1. The lowest BCUT2D eigenvalue weighted by molar-refractivity contribution is -0.134. The highest BCUT2D eigenvalue weighted by Gasteiger charge is 2.46. The molecule has 1 aromatic heterocycles. The highest BCUT2D eigenvalue weighted by Crippen LogP contribution is 2.44. The molecule has 5 nitrogen and oxygen atoms in total. The lowest BCUT2D eigenvalue weighted by atomic mass is 9.78. The van der Waals surface area contributed by atoms with E-state index >= 15 is 0 Å². The van der Waals surface area contributed by atoms with Crippen LogP contribution in [-0.4, -0.2) is 23.8 Å². The van der Waals surface area contributed by atoms with E-state index in [2.05, 4.69) is 6.07 Å². The van der Waals surface area contributed by atoms with Gasteiger partial charge in [-0.3, -0.25) is 9.69 Å². The van der Waals surface area contributed by atoms with E-state index < -0.39 is 5.54 Å². The Morgan fingerprint density at radius 2 is 1.97 bits per heavy atom. The van der Waals surface area contributed by atoms with E-state index in [9.17, 15) is 14.4 Å². The van der Waals surface area contributed by atoms with Crippen LogP contribution in [0.1, 0.15) is 35.8 Å². The van der Waals surface area contributed by atoms with Gasteiger partial charge >= 0.3 is 0 Å². The van der Waals surface area contributed by atoms with E-state index in [-0.39, 0.29) is 23.6 Å². The molecule has 0 bridgehead atoms. The first-order valence-corrected chi connectivity index (χ1v) is 11.7. The van der Waals surface area contributed by atoms with E-state index in [1.54, 1.807) is 36.6 Å². The van der Waals surface area contributed by atoms with Crippen LogP contribution in [0.4, 0.5) is 4.39 Å². The van der Waals surface area contributed by atoms with Crippen molar-refractivity contribution in [2.24, 2.45) is 16.6 Å². The average molecular weight is 461 g/mol. The van der Waals surface area contributed by atoms with Crippen molar-refractivity contribution in [2.45, 2.75) is 31.7 Å². The number of aryl methyl sites for hydroxylation is 1. The van der Waals surface area contributed by atoms with Crippen LogP contribution >= 0.6 is 11.3 Å². The van der Waals surface area contributed by atoms with Gasteiger partial charge in [-0.25, -0.2) is 9.38 Å². The highest BCUT2D eigenvalue weighted by molar-refractivity contribution is 7.10. The van der Waals surface area contributed by atoms with Crippen LogP contribution in [0.3, 0.4) is 0 Å². The average Bonchev–Trinajstić information content (AvgIpc) is 3.32. The molecule has 168 valence electrons. The summed E-state index contributed by atoms with van der Waals surface area (Å²) < 4.78 is 13.2. The number of nitrogens with two attached hydrogens (primary N) is 1. The van der Waals surface area contributed by atoms with Gasteiger partial charge in [0.1, 0.15) is 11.4 Å². The minimum Gasteiger partial charge on any atom is -0.369 e. The largest absolute Gasteiger partial charge is 0.369 e. The number of halogens is 1. The molecule has 1 amide bonds. The Bertz CT molecular complexity index is 1240. The number of nitriles is 1. The second-order valence-electron chi connectivity index (χ2n) is 8.48. The highest BCUT2D eigenvalue weighted by atomic mass is 32.1. The van der Waals surface area contributed by atoms with E-state index in [0.717, 1.165) is 34.4 Å². The van der Waals surface area contributed by atoms with E-state index in [0.29, 0.717) is 12.0 Å². The first-order chi connectivity index (χ1) is 15.8. The Hall–Kier alpha value is -3.50. The number of aliphatic imine (C=N–C) groups is 1. The molecule has 1 aliphatic heterocycles. The number of hydrogen-bond acceptors (Lipinski definition) is 5. The molecule has 0 radical (unpaired) electrons. The fourth-order valence-corrected chi connectivity index (χ4v) is 5.37. The van der Waals surface area contributed by atoms with Crippen molar-refractivity contribution in [3.8, 4) is 17.2 Å². The summed E-state index contributed by atoms with van der Waals surface area (Å²) in [5.41, 5.74) is 8.90. The SMILES string of the molecule is CN1C(=O)C(CCCc2ccc(F)cc2)[C@@](C)(c2cc(-c3cccc(C#N)c3)cs2)N=C1N. The molecule has 0 saturated heterocycles. The third-order valence-electron chi connectivity index (χ3n) is 6.29.